The van der Waals surface area contributed by atoms with Gasteiger partial charge in [0.15, 0.2) is 0 Å². The molecule has 1 unspecified atom stereocenters. The first kappa shape index (κ1) is 28.8. The number of hydrogen-bond donors (Lipinski definition) is 2. The van der Waals surface area contributed by atoms with E-state index in [-0.39, 0.29) is 22.8 Å². The van der Waals surface area contributed by atoms with Crippen LogP contribution in [0.5, 0.6) is 0 Å². The summed E-state index contributed by atoms with van der Waals surface area (Å²) in [6.07, 6.45) is 3.85. The highest BCUT2D eigenvalue weighted by Crippen LogP contribution is 2.45. The fraction of sp³-hybridized carbons (Fsp3) is 0.471. The van der Waals surface area contributed by atoms with Gasteiger partial charge in [-0.1, -0.05) is 41.5 Å². The van der Waals surface area contributed by atoms with Gasteiger partial charge >= 0.3 is 0 Å². The van der Waals surface area contributed by atoms with Gasteiger partial charge in [0.1, 0.15) is 0 Å². The van der Waals surface area contributed by atoms with Gasteiger partial charge in [-0.05, 0) is 91.6 Å². The average Bonchev–Trinajstić information content (AvgIpc) is 3.62. The van der Waals surface area contributed by atoms with Crippen molar-refractivity contribution in [3.63, 3.8) is 0 Å². The first-order chi connectivity index (χ1) is 19.5. The fourth-order valence-corrected chi connectivity index (χ4v) is 6.91. The molecular formula is C34H43N5O2. The molecule has 3 aromatic heterocycles. The Morgan fingerprint density at radius 2 is 1.59 bits per heavy atom. The number of aromatic amines is 2. The van der Waals surface area contributed by atoms with Gasteiger partial charge in [-0.2, -0.15) is 0 Å². The topological polar surface area (TPSA) is 100 Å². The lowest BCUT2D eigenvalue weighted by Crippen LogP contribution is -2.21. The van der Waals surface area contributed by atoms with E-state index >= 15 is 0 Å². The maximum atomic E-state index is 11.6. The number of aromatic nitrogens is 4. The fourth-order valence-electron chi connectivity index (χ4n) is 6.91. The molecule has 8 bridgehead atoms. The average molecular weight is 554 g/mol. The van der Waals surface area contributed by atoms with Gasteiger partial charge in [-0.15, -0.1) is 0 Å². The van der Waals surface area contributed by atoms with Crippen LogP contribution in [0, 0.1) is 17.0 Å². The molecule has 216 valence electrons. The largest absolute Gasteiger partial charge is 0.355 e. The number of rotatable bonds is 7. The molecule has 0 saturated heterocycles. The van der Waals surface area contributed by atoms with Crippen LogP contribution in [-0.2, 0) is 24.7 Å². The molecule has 2 aliphatic rings. The zero-order valence-corrected chi connectivity index (χ0v) is 25.8. The Kier molecular flexibility index (Phi) is 7.66. The maximum Gasteiger partial charge on any atom is 0.208 e. The van der Waals surface area contributed by atoms with E-state index in [0.29, 0.717) is 6.42 Å². The second-order valence-corrected chi connectivity index (χ2v) is 12.0. The zero-order valence-electron chi connectivity index (χ0n) is 25.8. The quantitative estimate of drug-likeness (QED) is 0.227. The van der Waals surface area contributed by atoms with E-state index in [1.165, 1.54) is 16.7 Å². The van der Waals surface area contributed by atoms with E-state index in [4.69, 9.17) is 9.97 Å². The van der Waals surface area contributed by atoms with Crippen molar-refractivity contribution < 1.29 is 4.92 Å². The summed E-state index contributed by atoms with van der Waals surface area (Å²) in [7, 11) is 0. The molecule has 0 amide bonds. The molecule has 0 aliphatic carbocycles. The molecule has 3 aromatic rings. The van der Waals surface area contributed by atoms with E-state index < -0.39 is 0 Å². The number of nitro groups is 1. The minimum Gasteiger partial charge on any atom is -0.355 e. The Morgan fingerprint density at radius 1 is 0.878 bits per heavy atom. The summed E-state index contributed by atoms with van der Waals surface area (Å²) < 4.78 is 0. The van der Waals surface area contributed by atoms with Crippen molar-refractivity contribution in [2.75, 3.05) is 6.54 Å². The molecule has 0 radical (unpaired) electrons. The molecule has 5 rings (SSSR count). The van der Waals surface area contributed by atoms with Crippen LogP contribution in [0.1, 0.15) is 112 Å². The van der Waals surface area contributed by atoms with Gasteiger partial charge < -0.3 is 9.97 Å². The molecule has 2 aliphatic heterocycles. The monoisotopic (exact) mass is 553 g/mol. The lowest BCUT2D eigenvalue weighted by Gasteiger charge is -2.26. The van der Waals surface area contributed by atoms with E-state index in [2.05, 4.69) is 89.6 Å². The summed E-state index contributed by atoms with van der Waals surface area (Å²) in [6, 6.07) is 8.79. The summed E-state index contributed by atoms with van der Waals surface area (Å²) >= 11 is 0. The van der Waals surface area contributed by atoms with E-state index in [1.807, 2.05) is 0 Å². The van der Waals surface area contributed by atoms with Gasteiger partial charge in [-0.25, -0.2) is 4.98 Å². The molecule has 0 aromatic carbocycles. The molecule has 2 N–H and O–H groups in total. The smallest absolute Gasteiger partial charge is 0.208 e. The first-order valence-corrected chi connectivity index (χ1v) is 15.1. The van der Waals surface area contributed by atoms with Crippen molar-refractivity contribution in [2.24, 2.45) is 0 Å². The summed E-state index contributed by atoms with van der Waals surface area (Å²) in [5.41, 5.74) is 14.8. The summed E-state index contributed by atoms with van der Waals surface area (Å²) in [5, 5.41) is 11.6. The van der Waals surface area contributed by atoms with Crippen molar-refractivity contribution >= 4 is 33.2 Å². The molecule has 41 heavy (non-hydrogen) atoms. The second kappa shape index (κ2) is 10.9. The predicted molar refractivity (Wildman–Crippen MR) is 169 cm³/mol. The summed E-state index contributed by atoms with van der Waals surface area (Å²) in [6.45, 7) is 17.5. The molecule has 5 heterocycles. The third kappa shape index (κ3) is 4.89. The van der Waals surface area contributed by atoms with Crippen molar-refractivity contribution in [3.05, 3.63) is 79.4 Å². The van der Waals surface area contributed by atoms with Crippen LogP contribution in [0.25, 0.3) is 33.2 Å². The highest BCUT2D eigenvalue weighted by Gasteiger charge is 2.38. The lowest BCUT2D eigenvalue weighted by atomic mass is 9.75. The predicted octanol–water partition coefficient (Wildman–Crippen LogP) is 8.38. The minimum atomic E-state index is -0.234. The van der Waals surface area contributed by atoms with Gasteiger partial charge in [0.25, 0.3) is 0 Å². The standard InChI is InChI=1S/C34H43N5O2/c1-9-21-15-29-24(13-14-39(40)41)33-23(11-3)20(6)27(38-33)17-31-25(12-4)34(7,8)32(37-31)18-30-22(10-2)19(5)26(35-30)16-28(21)36-29/h15-18,25,35-36H,9-14H2,1-8H3. The number of fused-ring (bicyclic) bond motifs is 8. The second-order valence-electron chi connectivity index (χ2n) is 12.0. The summed E-state index contributed by atoms with van der Waals surface area (Å²) in [5.74, 6) is 0.261. The number of hydrogen-bond acceptors (Lipinski definition) is 4. The zero-order chi connectivity index (χ0) is 29.6. The number of aryl methyl sites for hydroxylation is 3. The maximum absolute atomic E-state index is 11.6. The van der Waals surface area contributed by atoms with Crippen molar-refractivity contribution in [1.82, 2.24) is 19.9 Å². The van der Waals surface area contributed by atoms with Crippen LogP contribution in [0.15, 0.2) is 24.3 Å². The molecule has 1 atom stereocenters. The van der Waals surface area contributed by atoms with E-state index in [0.717, 1.165) is 87.2 Å². The number of H-pyrrole nitrogens is 2. The van der Waals surface area contributed by atoms with Crippen molar-refractivity contribution in [1.29, 1.82) is 0 Å². The third-order valence-electron chi connectivity index (χ3n) is 9.38. The SMILES string of the molecule is CCC1=C(C)c2cc3nc(cc4[nH]c(cc5[nH]c(cc5CC)c(CC[N+](=O)[O-])c1n2)c(C)c4CC)C(C)(C)C3CC. The number of nitrogens with one attached hydrogen (secondary N) is 2. The van der Waals surface area contributed by atoms with Crippen LogP contribution in [0.4, 0.5) is 0 Å². The Labute approximate surface area is 242 Å². The van der Waals surface area contributed by atoms with Crippen LogP contribution >= 0.6 is 0 Å². The van der Waals surface area contributed by atoms with Crippen molar-refractivity contribution in [2.45, 2.75) is 98.8 Å². The van der Waals surface area contributed by atoms with Crippen LogP contribution < -0.4 is 0 Å². The van der Waals surface area contributed by atoms with Gasteiger partial charge in [0.2, 0.25) is 6.54 Å². The Morgan fingerprint density at radius 3 is 2.22 bits per heavy atom. The molecular weight excluding hydrogens is 510 g/mol. The van der Waals surface area contributed by atoms with Gasteiger partial charge in [0, 0.05) is 61.7 Å². The van der Waals surface area contributed by atoms with Crippen LogP contribution in [-0.4, -0.2) is 31.4 Å². The minimum absolute atomic E-state index is 0.133. The highest BCUT2D eigenvalue weighted by atomic mass is 16.6. The number of nitrogens with zero attached hydrogens (tertiary/aromatic N) is 3. The Bertz CT molecular complexity index is 1720. The molecule has 7 nitrogen and oxygen atoms in total. The lowest BCUT2D eigenvalue weighted by molar-refractivity contribution is -0.479. The molecule has 7 heteroatoms. The highest BCUT2D eigenvalue weighted by molar-refractivity contribution is 5.93. The van der Waals surface area contributed by atoms with Crippen LogP contribution in [0.2, 0.25) is 0 Å². The number of allylic oxidation sites excluding steroid dienone is 2. The van der Waals surface area contributed by atoms with E-state index in [9.17, 15) is 10.1 Å². The van der Waals surface area contributed by atoms with Crippen molar-refractivity contribution in [3.8, 4) is 0 Å². The van der Waals surface area contributed by atoms with Gasteiger partial charge in [0.05, 0.1) is 11.4 Å². The van der Waals surface area contributed by atoms with Crippen LogP contribution in [0.3, 0.4) is 0 Å². The van der Waals surface area contributed by atoms with E-state index in [1.54, 1.807) is 0 Å². The Hall–Kier alpha value is -3.74. The molecule has 0 saturated carbocycles. The molecule has 0 fully saturated rings. The third-order valence-corrected chi connectivity index (χ3v) is 9.38. The normalized spacial score (nSPS) is 16.4. The van der Waals surface area contributed by atoms with Gasteiger partial charge in [-0.3, -0.25) is 15.1 Å². The first-order valence-electron chi connectivity index (χ1n) is 15.1. The Balaban J connectivity index is 2.00. The summed E-state index contributed by atoms with van der Waals surface area (Å²) in [4.78, 5) is 29.2. The molecule has 0 spiro atoms.